The first kappa shape index (κ1) is 12.7. The lowest BCUT2D eigenvalue weighted by Gasteiger charge is -2.23. The summed E-state index contributed by atoms with van der Waals surface area (Å²) in [5.41, 5.74) is 5.68. The number of halogens is 2. The lowest BCUT2D eigenvalue weighted by Crippen LogP contribution is -2.29. The van der Waals surface area contributed by atoms with E-state index in [0.717, 1.165) is 26.0 Å². The number of rotatable bonds is 3. The SMILES string of the molecule is CN(CC1CCCO1)c1nc(N)c(Cl)cc1Cl. The molecule has 6 heteroatoms. The Hall–Kier alpha value is -0.710. The van der Waals surface area contributed by atoms with E-state index in [2.05, 4.69) is 4.98 Å². The molecule has 94 valence electrons. The van der Waals surface area contributed by atoms with Gasteiger partial charge in [-0.05, 0) is 18.9 Å². The van der Waals surface area contributed by atoms with Crippen LogP contribution in [0.1, 0.15) is 12.8 Å². The Bertz CT molecular complexity index is 408. The van der Waals surface area contributed by atoms with Gasteiger partial charge >= 0.3 is 0 Å². The molecule has 1 aromatic heterocycles. The van der Waals surface area contributed by atoms with E-state index < -0.39 is 0 Å². The van der Waals surface area contributed by atoms with Crippen molar-refractivity contribution in [2.24, 2.45) is 0 Å². The highest BCUT2D eigenvalue weighted by Gasteiger charge is 2.20. The highest BCUT2D eigenvalue weighted by atomic mass is 35.5. The van der Waals surface area contributed by atoms with Crippen molar-refractivity contribution in [1.82, 2.24) is 4.98 Å². The fourth-order valence-corrected chi connectivity index (χ4v) is 2.42. The van der Waals surface area contributed by atoms with Gasteiger partial charge in [0.15, 0.2) is 0 Å². The largest absolute Gasteiger partial charge is 0.382 e. The number of hydrogen-bond donors (Lipinski definition) is 1. The Labute approximate surface area is 111 Å². The van der Waals surface area contributed by atoms with Gasteiger partial charge < -0.3 is 15.4 Å². The average Bonchev–Trinajstić information content (AvgIpc) is 2.76. The monoisotopic (exact) mass is 275 g/mol. The molecule has 17 heavy (non-hydrogen) atoms. The molecule has 1 aromatic rings. The summed E-state index contributed by atoms with van der Waals surface area (Å²) in [5, 5.41) is 0.883. The molecule has 0 spiro atoms. The summed E-state index contributed by atoms with van der Waals surface area (Å²) in [6, 6.07) is 1.62. The van der Waals surface area contributed by atoms with E-state index in [9.17, 15) is 0 Å². The van der Waals surface area contributed by atoms with Gasteiger partial charge in [0.1, 0.15) is 11.6 Å². The van der Waals surface area contributed by atoms with Crippen molar-refractivity contribution in [2.45, 2.75) is 18.9 Å². The molecule has 0 saturated carbocycles. The molecule has 1 atom stereocenters. The molecule has 1 aliphatic heterocycles. The van der Waals surface area contributed by atoms with Crippen molar-refractivity contribution in [3.8, 4) is 0 Å². The molecule has 4 nitrogen and oxygen atoms in total. The second-order valence-corrected chi connectivity index (χ2v) is 4.99. The summed E-state index contributed by atoms with van der Waals surface area (Å²) in [6.07, 6.45) is 2.43. The Morgan fingerprint density at radius 1 is 1.53 bits per heavy atom. The third kappa shape index (κ3) is 2.94. The summed E-state index contributed by atoms with van der Waals surface area (Å²) in [6.45, 7) is 1.59. The summed E-state index contributed by atoms with van der Waals surface area (Å²) in [7, 11) is 1.92. The van der Waals surface area contributed by atoms with E-state index in [1.54, 1.807) is 6.07 Å². The van der Waals surface area contributed by atoms with Gasteiger partial charge in [-0.3, -0.25) is 0 Å². The zero-order valence-corrected chi connectivity index (χ0v) is 11.1. The quantitative estimate of drug-likeness (QED) is 0.921. The van der Waals surface area contributed by atoms with Crippen molar-refractivity contribution in [3.63, 3.8) is 0 Å². The van der Waals surface area contributed by atoms with E-state index in [0.29, 0.717) is 21.7 Å². The van der Waals surface area contributed by atoms with E-state index in [-0.39, 0.29) is 6.10 Å². The molecule has 0 amide bonds. The number of nitrogens with two attached hydrogens (primary N) is 1. The van der Waals surface area contributed by atoms with Crippen LogP contribution >= 0.6 is 23.2 Å². The van der Waals surface area contributed by atoms with Gasteiger partial charge in [-0.15, -0.1) is 0 Å². The number of likely N-dealkylation sites (N-methyl/N-ethyl adjacent to an activating group) is 1. The van der Waals surface area contributed by atoms with E-state index in [1.165, 1.54) is 0 Å². The van der Waals surface area contributed by atoms with Gasteiger partial charge in [0, 0.05) is 20.2 Å². The molecule has 1 unspecified atom stereocenters. The second-order valence-electron chi connectivity index (χ2n) is 4.18. The summed E-state index contributed by atoms with van der Waals surface area (Å²) >= 11 is 11.9. The van der Waals surface area contributed by atoms with Crippen LogP contribution in [0.25, 0.3) is 0 Å². The van der Waals surface area contributed by atoms with Crippen LogP contribution in [-0.4, -0.2) is 31.3 Å². The standard InChI is InChI=1S/C11H15Cl2N3O/c1-16(6-7-3-2-4-17-7)11-9(13)5-8(12)10(14)15-11/h5,7H,2-4,6H2,1H3,(H2,14,15). The molecule has 2 heterocycles. The minimum Gasteiger partial charge on any atom is -0.382 e. The number of nitrogen functional groups attached to an aromatic ring is 1. The topological polar surface area (TPSA) is 51.4 Å². The van der Waals surface area contributed by atoms with E-state index in [1.807, 2.05) is 11.9 Å². The average molecular weight is 276 g/mol. The summed E-state index contributed by atoms with van der Waals surface area (Å²) in [5.74, 6) is 0.939. The first-order valence-corrected chi connectivity index (χ1v) is 6.28. The Morgan fingerprint density at radius 3 is 2.94 bits per heavy atom. The molecular formula is C11H15Cl2N3O. The second kappa shape index (κ2) is 5.29. The Kier molecular flexibility index (Phi) is 3.97. The first-order chi connectivity index (χ1) is 8.08. The lowest BCUT2D eigenvalue weighted by atomic mass is 10.2. The van der Waals surface area contributed by atoms with Crippen LogP contribution in [0.15, 0.2) is 6.07 Å². The van der Waals surface area contributed by atoms with Crippen LogP contribution in [0.5, 0.6) is 0 Å². The molecule has 0 aromatic carbocycles. The minimum atomic E-state index is 0.245. The number of anilines is 2. The van der Waals surface area contributed by atoms with Crippen molar-refractivity contribution < 1.29 is 4.74 Å². The van der Waals surface area contributed by atoms with Crippen LogP contribution in [0.4, 0.5) is 11.6 Å². The van der Waals surface area contributed by atoms with Crippen LogP contribution in [-0.2, 0) is 4.74 Å². The third-order valence-electron chi connectivity index (χ3n) is 2.80. The van der Waals surface area contributed by atoms with Crippen molar-refractivity contribution in [1.29, 1.82) is 0 Å². The molecular weight excluding hydrogens is 261 g/mol. The number of pyridine rings is 1. The fourth-order valence-electron chi connectivity index (χ4n) is 1.92. The normalized spacial score (nSPS) is 19.6. The third-order valence-corrected chi connectivity index (χ3v) is 3.38. The zero-order chi connectivity index (χ0) is 12.4. The molecule has 0 bridgehead atoms. The number of nitrogens with zero attached hydrogens (tertiary/aromatic N) is 2. The smallest absolute Gasteiger partial charge is 0.149 e. The fraction of sp³-hybridized carbons (Fsp3) is 0.545. The van der Waals surface area contributed by atoms with Gasteiger partial charge in [0.2, 0.25) is 0 Å². The molecule has 0 radical (unpaired) electrons. The van der Waals surface area contributed by atoms with Gasteiger partial charge in [0.25, 0.3) is 0 Å². The predicted octanol–water partition coefficient (Wildman–Crippen LogP) is 2.59. The predicted molar refractivity (Wildman–Crippen MR) is 70.9 cm³/mol. The first-order valence-electron chi connectivity index (χ1n) is 5.52. The zero-order valence-electron chi connectivity index (χ0n) is 9.62. The molecule has 1 fully saturated rings. The molecule has 1 saturated heterocycles. The van der Waals surface area contributed by atoms with Crippen LogP contribution < -0.4 is 10.6 Å². The highest BCUT2D eigenvalue weighted by molar-refractivity contribution is 6.37. The lowest BCUT2D eigenvalue weighted by molar-refractivity contribution is 0.116. The molecule has 2 N–H and O–H groups in total. The molecule has 2 rings (SSSR count). The number of ether oxygens (including phenoxy) is 1. The molecule has 1 aliphatic rings. The molecule has 0 aliphatic carbocycles. The van der Waals surface area contributed by atoms with Crippen LogP contribution in [0.3, 0.4) is 0 Å². The maximum atomic E-state index is 6.10. The van der Waals surface area contributed by atoms with Crippen molar-refractivity contribution >= 4 is 34.8 Å². The number of hydrogen-bond acceptors (Lipinski definition) is 4. The maximum absolute atomic E-state index is 6.10. The van der Waals surface area contributed by atoms with Crippen molar-refractivity contribution in [3.05, 3.63) is 16.1 Å². The van der Waals surface area contributed by atoms with Gasteiger partial charge in [-0.2, -0.15) is 0 Å². The number of aromatic nitrogens is 1. The maximum Gasteiger partial charge on any atom is 0.149 e. The van der Waals surface area contributed by atoms with Gasteiger partial charge in [-0.25, -0.2) is 4.98 Å². The Balaban J connectivity index is 2.12. The van der Waals surface area contributed by atoms with Crippen molar-refractivity contribution in [2.75, 3.05) is 30.8 Å². The summed E-state index contributed by atoms with van der Waals surface area (Å²) in [4.78, 5) is 6.15. The van der Waals surface area contributed by atoms with E-state index >= 15 is 0 Å². The van der Waals surface area contributed by atoms with Gasteiger partial charge in [-0.1, -0.05) is 23.2 Å². The van der Waals surface area contributed by atoms with Gasteiger partial charge in [0.05, 0.1) is 16.1 Å². The minimum absolute atomic E-state index is 0.245. The van der Waals surface area contributed by atoms with E-state index in [4.69, 9.17) is 33.7 Å². The highest BCUT2D eigenvalue weighted by Crippen LogP contribution is 2.30. The van der Waals surface area contributed by atoms with Crippen LogP contribution in [0, 0.1) is 0 Å². The summed E-state index contributed by atoms with van der Waals surface area (Å²) < 4.78 is 5.57. The Morgan fingerprint density at radius 2 is 2.29 bits per heavy atom. The van der Waals surface area contributed by atoms with Crippen LogP contribution in [0.2, 0.25) is 10.0 Å².